The predicted octanol–water partition coefficient (Wildman–Crippen LogP) is 4.93. The summed E-state index contributed by atoms with van der Waals surface area (Å²) in [5.41, 5.74) is 0. The van der Waals surface area contributed by atoms with Gasteiger partial charge in [-0.05, 0) is 25.9 Å². The average molecular weight is 333 g/mol. The molecule has 134 valence electrons. The van der Waals surface area contributed by atoms with E-state index in [4.69, 9.17) is 9.79 Å². The molecule has 3 nitrogen and oxygen atoms in total. The molecule has 0 aliphatic carbocycles. The van der Waals surface area contributed by atoms with Gasteiger partial charge in [-0.15, -0.1) is 0 Å². The van der Waals surface area contributed by atoms with E-state index in [9.17, 15) is 0 Å². The summed E-state index contributed by atoms with van der Waals surface area (Å²) in [5.74, 6) is 0. The van der Waals surface area contributed by atoms with Crippen molar-refractivity contribution in [3.63, 3.8) is 0 Å². The van der Waals surface area contributed by atoms with E-state index >= 15 is 0 Å². The number of hydrogen-bond acceptors (Lipinski definition) is 3. The zero-order valence-electron chi connectivity index (χ0n) is 14.9. The summed E-state index contributed by atoms with van der Waals surface area (Å²) in [7, 11) is -2.79. The second-order valence-corrected chi connectivity index (χ2v) is 8.80. The van der Waals surface area contributed by atoms with Crippen LogP contribution in [0.1, 0.15) is 90.4 Å². The third-order valence-corrected chi connectivity index (χ3v) is 5.11. The van der Waals surface area contributed by atoms with E-state index in [1.807, 2.05) is 0 Å². The van der Waals surface area contributed by atoms with Crippen molar-refractivity contribution in [1.29, 1.82) is 0 Å². The molecule has 0 aromatic carbocycles. The van der Waals surface area contributed by atoms with Gasteiger partial charge >= 0.3 is 0 Å². The van der Waals surface area contributed by atoms with Gasteiger partial charge in [0.2, 0.25) is 0 Å². The highest BCUT2D eigenvalue weighted by Gasteiger charge is 2.02. The molecule has 0 aromatic rings. The molecule has 22 heavy (non-hydrogen) atoms. The van der Waals surface area contributed by atoms with Crippen LogP contribution in [-0.2, 0) is 0 Å². The van der Waals surface area contributed by atoms with E-state index in [0.717, 1.165) is 19.5 Å². The predicted molar refractivity (Wildman–Crippen MR) is 102 cm³/mol. The van der Waals surface area contributed by atoms with E-state index < -0.39 is 7.34 Å². The van der Waals surface area contributed by atoms with Crippen molar-refractivity contribution in [3.8, 4) is 0 Å². The normalized spacial score (nSPS) is 12.0. The SMILES string of the molecule is C=P(O)(O)CCCNCCCCCCCCCCCCCC. The van der Waals surface area contributed by atoms with Crippen molar-refractivity contribution in [1.82, 2.24) is 5.32 Å². The van der Waals surface area contributed by atoms with Crippen molar-refractivity contribution < 1.29 is 9.79 Å². The van der Waals surface area contributed by atoms with E-state index in [0.29, 0.717) is 6.16 Å². The van der Waals surface area contributed by atoms with Crippen molar-refractivity contribution in [2.45, 2.75) is 90.4 Å². The summed E-state index contributed by atoms with van der Waals surface area (Å²) < 4.78 is 0. The first-order valence-electron chi connectivity index (χ1n) is 9.45. The highest BCUT2D eigenvalue weighted by Crippen LogP contribution is 2.33. The number of unbranched alkanes of at least 4 members (excludes halogenated alkanes) is 11. The Balaban J connectivity index is 3.01. The summed E-state index contributed by atoms with van der Waals surface area (Å²) in [4.78, 5) is 18.3. The molecular formula is C18H40NO2P. The zero-order valence-corrected chi connectivity index (χ0v) is 15.8. The Morgan fingerprint density at radius 1 is 0.682 bits per heavy atom. The monoisotopic (exact) mass is 333 g/mol. The van der Waals surface area contributed by atoms with Crippen molar-refractivity contribution >= 4 is 13.6 Å². The summed E-state index contributed by atoms with van der Waals surface area (Å²) in [6.07, 6.45) is 21.2. The van der Waals surface area contributed by atoms with Crippen molar-refractivity contribution in [3.05, 3.63) is 0 Å². The van der Waals surface area contributed by atoms with Crippen LogP contribution in [0.2, 0.25) is 0 Å². The van der Waals surface area contributed by atoms with Gasteiger partial charge in [-0.25, -0.2) is 0 Å². The van der Waals surface area contributed by atoms with E-state index in [1.54, 1.807) is 0 Å². The van der Waals surface area contributed by atoms with E-state index in [-0.39, 0.29) is 0 Å². The van der Waals surface area contributed by atoms with Gasteiger partial charge < -0.3 is 15.1 Å². The molecule has 0 rings (SSSR count). The fourth-order valence-electron chi connectivity index (χ4n) is 2.67. The fourth-order valence-corrected chi connectivity index (χ4v) is 3.34. The first kappa shape index (κ1) is 22.2. The first-order chi connectivity index (χ1) is 10.6. The smallest absolute Gasteiger partial charge is 0.111 e. The van der Waals surface area contributed by atoms with Crippen LogP contribution >= 0.6 is 7.34 Å². The lowest BCUT2D eigenvalue weighted by Crippen LogP contribution is -2.17. The van der Waals surface area contributed by atoms with Gasteiger partial charge in [0.15, 0.2) is 0 Å². The topological polar surface area (TPSA) is 52.5 Å². The van der Waals surface area contributed by atoms with Crippen molar-refractivity contribution in [2.24, 2.45) is 0 Å². The molecule has 0 saturated heterocycles. The molecule has 0 atom stereocenters. The average Bonchev–Trinajstić information content (AvgIpc) is 2.45. The molecule has 0 saturated carbocycles. The Morgan fingerprint density at radius 3 is 1.55 bits per heavy atom. The largest absolute Gasteiger partial charge is 0.353 e. The maximum absolute atomic E-state index is 9.16. The molecule has 0 aliphatic heterocycles. The van der Waals surface area contributed by atoms with Gasteiger partial charge in [0, 0.05) is 6.16 Å². The molecule has 0 amide bonds. The summed E-state index contributed by atoms with van der Waals surface area (Å²) >= 11 is 0. The maximum Gasteiger partial charge on any atom is 0.111 e. The second kappa shape index (κ2) is 16.1. The van der Waals surface area contributed by atoms with Gasteiger partial charge in [0.05, 0.1) is 0 Å². The lowest BCUT2D eigenvalue weighted by Gasteiger charge is -2.09. The molecule has 0 aromatic heterocycles. The summed E-state index contributed by atoms with van der Waals surface area (Å²) in [5, 5.41) is 3.36. The Labute approximate surface area is 139 Å². The first-order valence-corrected chi connectivity index (χ1v) is 11.5. The summed E-state index contributed by atoms with van der Waals surface area (Å²) in [6.45, 7) is 4.20. The molecule has 0 bridgehead atoms. The molecule has 0 heterocycles. The third-order valence-electron chi connectivity index (χ3n) is 4.08. The molecule has 0 fully saturated rings. The van der Waals surface area contributed by atoms with Gasteiger partial charge in [0.1, 0.15) is 7.34 Å². The number of nitrogens with one attached hydrogen (secondary N) is 1. The van der Waals surface area contributed by atoms with Crippen LogP contribution in [0.5, 0.6) is 0 Å². The van der Waals surface area contributed by atoms with Crippen LogP contribution < -0.4 is 5.32 Å². The molecule has 0 spiro atoms. The van der Waals surface area contributed by atoms with Crippen LogP contribution in [0.4, 0.5) is 0 Å². The fraction of sp³-hybridized carbons (Fsp3) is 0.944. The lowest BCUT2D eigenvalue weighted by atomic mass is 10.1. The Bertz CT molecular complexity index is 266. The van der Waals surface area contributed by atoms with Gasteiger partial charge in [-0.1, -0.05) is 83.9 Å². The molecule has 0 radical (unpaired) electrons. The van der Waals surface area contributed by atoms with E-state index in [2.05, 4.69) is 18.5 Å². The Morgan fingerprint density at radius 2 is 1.09 bits per heavy atom. The highest BCUT2D eigenvalue weighted by molar-refractivity contribution is 7.62. The Kier molecular flexibility index (Phi) is 16.2. The van der Waals surface area contributed by atoms with Crippen LogP contribution in [-0.4, -0.2) is 35.3 Å². The molecule has 0 unspecified atom stereocenters. The molecular weight excluding hydrogens is 293 g/mol. The van der Waals surface area contributed by atoms with Gasteiger partial charge in [-0.2, -0.15) is 0 Å². The Hall–Kier alpha value is 0.180. The maximum atomic E-state index is 9.16. The standard InChI is InChI=1S/C18H40NO2P/c1-3-4-5-6-7-8-9-10-11-12-13-14-16-19-17-15-18-22(2,20)21/h19-21H,2-18H2,1H3. The summed E-state index contributed by atoms with van der Waals surface area (Å²) in [6, 6.07) is 0. The minimum Gasteiger partial charge on any atom is -0.353 e. The number of hydrogen-bond donors (Lipinski definition) is 3. The van der Waals surface area contributed by atoms with Gasteiger partial charge in [-0.3, -0.25) is 0 Å². The molecule has 0 aliphatic rings. The molecule has 3 N–H and O–H groups in total. The van der Waals surface area contributed by atoms with E-state index in [1.165, 1.54) is 77.0 Å². The van der Waals surface area contributed by atoms with Crippen LogP contribution in [0, 0.1) is 0 Å². The number of rotatable bonds is 17. The minimum absolute atomic E-state index is 0.443. The third kappa shape index (κ3) is 20.2. The van der Waals surface area contributed by atoms with Crippen LogP contribution in [0.25, 0.3) is 0 Å². The zero-order chi connectivity index (χ0) is 16.5. The quantitative estimate of drug-likeness (QED) is 0.261. The van der Waals surface area contributed by atoms with Crippen molar-refractivity contribution in [2.75, 3.05) is 19.3 Å². The van der Waals surface area contributed by atoms with Gasteiger partial charge in [0.25, 0.3) is 0 Å². The minimum atomic E-state index is -2.79. The highest BCUT2D eigenvalue weighted by atomic mass is 31.2. The molecule has 4 heteroatoms. The second-order valence-electron chi connectivity index (χ2n) is 6.59. The lowest BCUT2D eigenvalue weighted by molar-refractivity contribution is 0.472. The van der Waals surface area contributed by atoms with Crippen LogP contribution in [0.3, 0.4) is 0 Å². The van der Waals surface area contributed by atoms with Crippen LogP contribution in [0.15, 0.2) is 0 Å².